The first-order valence-electron chi connectivity index (χ1n) is 27.0. The van der Waals surface area contributed by atoms with Crippen molar-refractivity contribution in [3.8, 4) is 66.8 Å². The average Bonchev–Trinajstić information content (AvgIpc) is 3.98. The van der Waals surface area contributed by atoms with Crippen LogP contribution in [0.4, 0.5) is 34.1 Å². The Hall–Kier alpha value is -10.5. The first-order chi connectivity index (χ1) is 39.2. The van der Waals surface area contributed by atoms with Gasteiger partial charge in [-0.05, 0) is 175 Å². The molecule has 1 heterocycles. The lowest BCUT2D eigenvalue weighted by Gasteiger charge is -2.26. The highest BCUT2D eigenvalue weighted by Gasteiger charge is 2.21. The number of para-hydroxylation sites is 3. The number of fused-ring (bicyclic) bond motifs is 4. The molecular formula is C76H52N2O. The maximum Gasteiger partial charge on any atom is 0.137 e. The Bertz CT molecular complexity index is 4440. The summed E-state index contributed by atoms with van der Waals surface area (Å²) in [6, 6.07) is 114. The zero-order valence-corrected chi connectivity index (χ0v) is 43.3. The van der Waals surface area contributed by atoms with Crippen molar-refractivity contribution in [2.24, 2.45) is 0 Å². The maximum atomic E-state index is 6.40. The molecule has 0 aliphatic rings. The molecule has 3 nitrogen and oxygen atoms in total. The fourth-order valence-electron chi connectivity index (χ4n) is 11.4. The van der Waals surface area contributed by atoms with Crippen LogP contribution in [0.3, 0.4) is 0 Å². The van der Waals surface area contributed by atoms with Crippen molar-refractivity contribution in [2.45, 2.75) is 0 Å². The summed E-state index contributed by atoms with van der Waals surface area (Å²) in [5.41, 5.74) is 22.2. The van der Waals surface area contributed by atoms with Crippen LogP contribution in [0.1, 0.15) is 0 Å². The molecule has 0 fully saturated rings. The first-order valence-corrected chi connectivity index (χ1v) is 27.0. The van der Waals surface area contributed by atoms with Crippen LogP contribution in [0.15, 0.2) is 320 Å². The van der Waals surface area contributed by atoms with Crippen LogP contribution in [-0.4, -0.2) is 0 Å². The Morgan fingerprint density at radius 1 is 0.190 bits per heavy atom. The minimum Gasteiger partial charge on any atom is -0.456 e. The number of anilines is 6. The standard InChI is InChI=1S/C76H52N2O/c1-5-20-54(21-6-1)71-52-74(58-39-45-65(46-40-58)78(62-27-11-4-12-28-62)66-47-48-70-69-31-17-18-32-75(69)79-76(70)50-66)72(55-22-7-2-8-23-55)51-73(71)57-37-43-64(44-38-57)77(61-25-9-3-10-26-61)63-41-35-56(36-42-63)67-29-15-16-30-68(67)60-34-33-53-19-13-14-24-59(53)49-60/h1-52H. The lowest BCUT2D eigenvalue weighted by Crippen LogP contribution is -2.09. The second-order valence-corrected chi connectivity index (χ2v) is 20.0. The van der Waals surface area contributed by atoms with E-state index >= 15 is 0 Å². The summed E-state index contributed by atoms with van der Waals surface area (Å²) in [7, 11) is 0. The predicted molar refractivity (Wildman–Crippen MR) is 333 cm³/mol. The van der Waals surface area contributed by atoms with Gasteiger partial charge < -0.3 is 14.2 Å². The van der Waals surface area contributed by atoms with Crippen LogP contribution >= 0.6 is 0 Å². The molecule has 0 N–H and O–H groups in total. The summed E-state index contributed by atoms with van der Waals surface area (Å²) in [6.07, 6.45) is 0. The lowest BCUT2D eigenvalue weighted by atomic mass is 9.85. The Morgan fingerprint density at radius 2 is 0.544 bits per heavy atom. The second-order valence-electron chi connectivity index (χ2n) is 20.0. The van der Waals surface area contributed by atoms with Gasteiger partial charge in [-0.15, -0.1) is 0 Å². The number of benzene rings is 13. The van der Waals surface area contributed by atoms with Crippen molar-refractivity contribution in [1.29, 1.82) is 0 Å². The van der Waals surface area contributed by atoms with Gasteiger partial charge in [-0.25, -0.2) is 0 Å². The van der Waals surface area contributed by atoms with E-state index in [1.165, 1.54) is 33.0 Å². The molecule has 0 aliphatic carbocycles. The molecule has 14 rings (SSSR count). The van der Waals surface area contributed by atoms with Gasteiger partial charge in [0, 0.05) is 51.0 Å². The molecule has 13 aromatic carbocycles. The summed E-state index contributed by atoms with van der Waals surface area (Å²) in [5.74, 6) is 0. The molecule has 0 atom stereocenters. The van der Waals surface area contributed by atoms with E-state index in [0.29, 0.717) is 0 Å². The molecular weight excluding hydrogens is 957 g/mol. The van der Waals surface area contributed by atoms with E-state index in [1.54, 1.807) is 0 Å². The van der Waals surface area contributed by atoms with E-state index in [0.717, 1.165) is 101 Å². The monoisotopic (exact) mass is 1010 g/mol. The normalized spacial score (nSPS) is 11.3. The molecule has 1 aromatic heterocycles. The third-order valence-corrected chi connectivity index (χ3v) is 15.3. The Morgan fingerprint density at radius 3 is 1.08 bits per heavy atom. The molecule has 0 saturated heterocycles. The smallest absolute Gasteiger partial charge is 0.137 e. The highest BCUT2D eigenvalue weighted by atomic mass is 16.3. The quantitative estimate of drug-likeness (QED) is 0.122. The van der Waals surface area contributed by atoms with Gasteiger partial charge in [0.1, 0.15) is 11.2 Å². The Balaban J connectivity index is 0.838. The molecule has 79 heavy (non-hydrogen) atoms. The van der Waals surface area contributed by atoms with E-state index < -0.39 is 0 Å². The van der Waals surface area contributed by atoms with Crippen molar-refractivity contribution in [1.82, 2.24) is 0 Å². The minimum absolute atomic E-state index is 0.862. The molecule has 0 saturated carbocycles. The zero-order chi connectivity index (χ0) is 52.5. The SMILES string of the molecule is c1ccc(-c2cc(-c3ccc(N(c4ccccc4)c4ccc5c(c4)oc4ccccc45)cc3)c(-c3ccccc3)cc2-c2ccc(N(c3ccccc3)c3ccc(-c4ccccc4-c4ccc5ccccc5c4)cc3)cc2)cc1. The van der Waals surface area contributed by atoms with Gasteiger partial charge in [-0.2, -0.15) is 0 Å². The van der Waals surface area contributed by atoms with Crippen LogP contribution in [-0.2, 0) is 0 Å². The molecule has 372 valence electrons. The van der Waals surface area contributed by atoms with Crippen molar-refractivity contribution in [2.75, 3.05) is 9.80 Å². The summed E-state index contributed by atoms with van der Waals surface area (Å²) in [5, 5.41) is 4.71. The van der Waals surface area contributed by atoms with Crippen LogP contribution in [0.25, 0.3) is 99.5 Å². The van der Waals surface area contributed by atoms with Crippen molar-refractivity contribution in [3.63, 3.8) is 0 Å². The van der Waals surface area contributed by atoms with Crippen molar-refractivity contribution >= 4 is 66.8 Å². The lowest BCUT2D eigenvalue weighted by molar-refractivity contribution is 0.669. The van der Waals surface area contributed by atoms with E-state index in [-0.39, 0.29) is 0 Å². The summed E-state index contributed by atoms with van der Waals surface area (Å²) >= 11 is 0. The highest BCUT2D eigenvalue weighted by molar-refractivity contribution is 6.06. The third-order valence-electron chi connectivity index (χ3n) is 15.3. The molecule has 0 aliphatic heterocycles. The van der Waals surface area contributed by atoms with E-state index in [4.69, 9.17) is 4.42 Å². The third kappa shape index (κ3) is 9.10. The molecule has 0 amide bonds. The average molecular weight is 1010 g/mol. The number of hydrogen-bond acceptors (Lipinski definition) is 3. The van der Waals surface area contributed by atoms with Crippen LogP contribution in [0, 0.1) is 0 Å². The van der Waals surface area contributed by atoms with Crippen LogP contribution in [0.2, 0.25) is 0 Å². The van der Waals surface area contributed by atoms with Gasteiger partial charge in [0.05, 0.1) is 0 Å². The molecule has 14 aromatic rings. The Labute approximate surface area is 460 Å². The number of nitrogens with zero attached hydrogens (tertiary/aromatic N) is 2. The van der Waals surface area contributed by atoms with Gasteiger partial charge >= 0.3 is 0 Å². The molecule has 0 radical (unpaired) electrons. The van der Waals surface area contributed by atoms with Gasteiger partial charge in [-0.3, -0.25) is 0 Å². The number of rotatable bonds is 12. The maximum absolute atomic E-state index is 6.40. The van der Waals surface area contributed by atoms with Gasteiger partial charge in [0.15, 0.2) is 0 Å². The van der Waals surface area contributed by atoms with E-state index in [2.05, 4.69) is 313 Å². The summed E-state index contributed by atoms with van der Waals surface area (Å²) in [6.45, 7) is 0. The molecule has 0 bridgehead atoms. The highest BCUT2D eigenvalue weighted by Crippen LogP contribution is 2.46. The second kappa shape index (κ2) is 20.6. The minimum atomic E-state index is 0.862. The first kappa shape index (κ1) is 47.0. The van der Waals surface area contributed by atoms with Gasteiger partial charge in [0.2, 0.25) is 0 Å². The molecule has 0 unspecified atom stereocenters. The van der Waals surface area contributed by atoms with Crippen LogP contribution < -0.4 is 9.80 Å². The topological polar surface area (TPSA) is 19.6 Å². The summed E-state index contributed by atoms with van der Waals surface area (Å²) in [4.78, 5) is 4.65. The predicted octanol–water partition coefficient (Wildman–Crippen LogP) is 21.7. The Kier molecular flexibility index (Phi) is 12.2. The van der Waals surface area contributed by atoms with E-state index in [1.807, 2.05) is 12.1 Å². The molecule has 3 heteroatoms. The van der Waals surface area contributed by atoms with Gasteiger partial charge in [-0.1, -0.05) is 212 Å². The van der Waals surface area contributed by atoms with Crippen LogP contribution in [0.5, 0.6) is 0 Å². The fourth-order valence-corrected chi connectivity index (χ4v) is 11.4. The molecule has 0 spiro atoms. The zero-order valence-electron chi connectivity index (χ0n) is 43.3. The largest absolute Gasteiger partial charge is 0.456 e. The van der Waals surface area contributed by atoms with Crippen molar-refractivity contribution in [3.05, 3.63) is 315 Å². The fraction of sp³-hybridized carbons (Fsp3) is 0. The summed E-state index contributed by atoms with van der Waals surface area (Å²) < 4.78 is 6.40. The number of furan rings is 1. The van der Waals surface area contributed by atoms with Gasteiger partial charge in [0.25, 0.3) is 0 Å². The number of hydrogen-bond donors (Lipinski definition) is 0. The van der Waals surface area contributed by atoms with Crippen molar-refractivity contribution < 1.29 is 4.42 Å². The van der Waals surface area contributed by atoms with E-state index in [9.17, 15) is 0 Å².